The largest absolute Gasteiger partial charge is 0.494 e. The van der Waals surface area contributed by atoms with Crippen LogP contribution in [0.25, 0.3) is 0 Å². The number of benzene rings is 1. The van der Waals surface area contributed by atoms with Crippen molar-refractivity contribution in [2.75, 3.05) is 19.8 Å². The van der Waals surface area contributed by atoms with Crippen LogP contribution in [-0.2, 0) is 6.42 Å². The average Bonchev–Trinajstić information content (AvgIpc) is 2.60. The van der Waals surface area contributed by atoms with E-state index in [1.165, 1.54) is 0 Å². The summed E-state index contributed by atoms with van der Waals surface area (Å²) in [4.78, 5) is 16.4. The lowest BCUT2D eigenvalue weighted by atomic mass is 10.0. The van der Waals surface area contributed by atoms with E-state index in [4.69, 9.17) is 4.74 Å². The summed E-state index contributed by atoms with van der Waals surface area (Å²) in [5.74, 6) is 0.525. The van der Waals surface area contributed by atoms with Crippen LogP contribution in [-0.4, -0.2) is 35.8 Å². The maximum absolute atomic E-state index is 12.1. The van der Waals surface area contributed by atoms with Crippen LogP contribution in [0.15, 0.2) is 48.7 Å². The van der Waals surface area contributed by atoms with Crippen LogP contribution in [0.3, 0.4) is 0 Å². The van der Waals surface area contributed by atoms with Gasteiger partial charge in [-0.25, -0.2) is 0 Å². The van der Waals surface area contributed by atoms with Crippen molar-refractivity contribution in [3.05, 3.63) is 59.9 Å². The SMILES string of the molecule is CCOc1ccc(C(=O)NCC(CO)Cc2ccccn2)cc1. The van der Waals surface area contributed by atoms with Gasteiger partial charge in [-0.05, 0) is 49.7 Å². The molecule has 5 nitrogen and oxygen atoms in total. The smallest absolute Gasteiger partial charge is 0.251 e. The molecule has 1 aromatic heterocycles. The van der Waals surface area contributed by atoms with Gasteiger partial charge in [0.25, 0.3) is 5.91 Å². The fraction of sp³-hybridized carbons (Fsp3) is 0.333. The Bertz CT molecular complexity index is 599. The average molecular weight is 314 g/mol. The minimum atomic E-state index is -0.160. The summed E-state index contributed by atoms with van der Waals surface area (Å²) in [6, 6.07) is 12.7. The molecule has 0 aliphatic carbocycles. The molecule has 1 aromatic carbocycles. The van der Waals surface area contributed by atoms with Crippen LogP contribution < -0.4 is 10.1 Å². The Balaban J connectivity index is 1.86. The van der Waals surface area contributed by atoms with Gasteiger partial charge in [0.05, 0.1) is 6.61 Å². The third-order valence-corrected chi connectivity index (χ3v) is 3.46. The molecule has 2 rings (SSSR count). The zero-order valence-electron chi connectivity index (χ0n) is 13.2. The van der Waals surface area contributed by atoms with Crippen molar-refractivity contribution < 1.29 is 14.6 Å². The molecule has 23 heavy (non-hydrogen) atoms. The van der Waals surface area contributed by atoms with Crippen LogP contribution in [0.1, 0.15) is 23.0 Å². The highest BCUT2D eigenvalue weighted by molar-refractivity contribution is 5.94. The van der Waals surface area contributed by atoms with Crippen LogP contribution in [0.2, 0.25) is 0 Å². The second-order valence-corrected chi connectivity index (χ2v) is 5.24. The van der Waals surface area contributed by atoms with Crippen LogP contribution in [0.5, 0.6) is 5.75 Å². The predicted molar refractivity (Wildman–Crippen MR) is 88.5 cm³/mol. The minimum absolute atomic E-state index is 0.000131. The number of rotatable bonds is 8. The van der Waals surface area contributed by atoms with Gasteiger partial charge in [-0.2, -0.15) is 0 Å². The molecule has 1 unspecified atom stereocenters. The third kappa shape index (κ3) is 5.38. The first-order valence-electron chi connectivity index (χ1n) is 7.74. The van der Waals surface area contributed by atoms with E-state index in [-0.39, 0.29) is 18.4 Å². The maximum Gasteiger partial charge on any atom is 0.251 e. The van der Waals surface area contributed by atoms with Crippen molar-refractivity contribution in [2.24, 2.45) is 5.92 Å². The lowest BCUT2D eigenvalue weighted by molar-refractivity contribution is 0.0940. The molecule has 0 aliphatic heterocycles. The number of ether oxygens (including phenoxy) is 1. The standard InChI is InChI=1S/C18H22N2O3/c1-2-23-17-8-6-15(7-9-17)18(22)20-12-14(13-21)11-16-5-3-4-10-19-16/h3-10,14,21H,2,11-13H2,1H3,(H,20,22). The van der Waals surface area contributed by atoms with E-state index in [2.05, 4.69) is 10.3 Å². The Hall–Kier alpha value is -2.40. The number of aliphatic hydroxyl groups excluding tert-OH is 1. The lowest BCUT2D eigenvalue weighted by Gasteiger charge is -2.15. The van der Waals surface area contributed by atoms with E-state index in [1.54, 1.807) is 30.5 Å². The molecule has 2 aromatic rings. The first-order chi connectivity index (χ1) is 11.2. The quantitative estimate of drug-likeness (QED) is 0.782. The maximum atomic E-state index is 12.1. The second-order valence-electron chi connectivity index (χ2n) is 5.24. The Morgan fingerprint density at radius 2 is 2.04 bits per heavy atom. The molecule has 122 valence electrons. The highest BCUT2D eigenvalue weighted by Crippen LogP contribution is 2.12. The van der Waals surface area contributed by atoms with Crippen molar-refractivity contribution in [3.63, 3.8) is 0 Å². The molecule has 2 N–H and O–H groups in total. The van der Waals surface area contributed by atoms with Crippen LogP contribution in [0.4, 0.5) is 0 Å². The second kappa shape index (κ2) is 8.90. The summed E-state index contributed by atoms with van der Waals surface area (Å²) in [5, 5.41) is 12.3. The number of hydrogen-bond acceptors (Lipinski definition) is 4. The Labute approximate surface area is 136 Å². The van der Waals surface area contributed by atoms with Crippen molar-refractivity contribution >= 4 is 5.91 Å². The summed E-state index contributed by atoms with van der Waals surface area (Å²) in [6.45, 7) is 2.91. The van der Waals surface area contributed by atoms with Crippen molar-refractivity contribution in [1.29, 1.82) is 0 Å². The number of pyridine rings is 1. The van der Waals surface area contributed by atoms with E-state index in [0.29, 0.717) is 25.1 Å². The number of aliphatic hydroxyl groups is 1. The first kappa shape index (κ1) is 17.0. The van der Waals surface area contributed by atoms with Crippen LogP contribution >= 0.6 is 0 Å². The highest BCUT2D eigenvalue weighted by atomic mass is 16.5. The van der Waals surface area contributed by atoms with Gasteiger partial charge < -0.3 is 15.2 Å². The molecule has 0 fully saturated rings. The van der Waals surface area contributed by atoms with E-state index in [9.17, 15) is 9.90 Å². The van der Waals surface area contributed by atoms with Gasteiger partial charge in [-0.3, -0.25) is 9.78 Å². The summed E-state index contributed by atoms with van der Waals surface area (Å²) >= 11 is 0. The highest BCUT2D eigenvalue weighted by Gasteiger charge is 2.12. The molecular weight excluding hydrogens is 292 g/mol. The first-order valence-corrected chi connectivity index (χ1v) is 7.74. The summed E-state index contributed by atoms with van der Waals surface area (Å²) in [5.41, 5.74) is 1.48. The van der Waals surface area contributed by atoms with E-state index in [1.807, 2.05) is 25.1 Å². The number of carbonyl (C=O) groups is 1. The topological polar surface area (TPSA) is 71.5 Å². The number of aromatic nitrogens is 1. The third-order valence-electron chi connectivity index (χ3n) is 3.46. The molecule has 5 heteroatoms. The van der Waals surface area contributed by atoms with E-state index in [0.717, 1.165) is 11.4 Å². The molecule has 1 atom stereocenters. The monoisotopic (exact) mass is 314 g/mol. The molecular formula is C18H22N2O3. The molecule has 0 bridgehead atoms. The fourth-order valence-corrected chi connectivity index (χ4v) is 2.22. The number of amides is 1. The van der Waals surface area contributed by atoms with Crippen LogP contribution in [0, 0.1) is 5.92 Å². The zero-order valence-corrected chi connectivity index (χ0v) is 13.2. The molecule has 0 spiro atoms. The van der Waals surface area contributed by atoms with Gasteiger partial charge in [0, 0.05) is 36.5 Å². The molecule has 0 radical (unpaired) electrons. The van der Waals surface area contributed by atoms with E-state index >= 15 is 0 Å². The van der Waals surface area contributed by atoms with Crippen molar-refractivity contribution in [3.8, 4) is 5.75 Å². The number of carbonyl (C=O) groups excluding carboxylic acids is 1. The van der Waals surface area contributed by atoms with Gasteiger partial charge in [0.2, 0.25) is 0 Å². The van der Waals surface area contributed by atoms with E-state index < -0.39 is 0 Å². The summed E-state index contributed by atoms with van der Waals surface area (Å²) < 4.78 is 5.35. The summed E-state index contributed by atoms with van der Waals surface area (Å²) in [7, 11) is 0. The van der Waals surface area contributed by atoms with Gasteiger partial charge in [0.1, 0.15) is 5.75 Å². The van der Waals surface area contributed by atoms with Gasteiger partial charge >= 0.3 is 0 Å². The Kier molecular flexibility index (Phi) is 6.56. The van der Waals surface area contributed by atoms with Gasteiger partial charge in [-0.15, -0.1) is 0 Å². The Morgan fingerprint density at radius 1 is 1.26 bits per heavy atom. The van der Waals surface area contributed by atoms with Gasteiger partial charge in [0.15, 0.2) is 0 Å². The fourth-order valence-electron chi connectivity index (χ4n) is 2.22. The normalized spacial score (nSPS) is 11.7. The summed E-state index contributed by atoms with van der Waals surface area (Å²) in [6.07, 6.45) is 2.35. The Morgan fingerprint density at radius 3 is 2.65 bits per heavy atom. The van der Waals surface area contributed by atoms with Gasteiger partial charge in [-0.1, -0.05) is 6.07 Å². The molecule has 1 heterocycles. The number of nitrogens with one attached hydrogen (secondary N) is 1. The lowest BCUT2D eigenvalue weighted by Crippen LogP contribution is -2.32. The van der Waals surface area contributed by atoms with Crippen molar-refractivity contribution in [1.82, 2.24) is 10.3 Å². The number of hydrogen-bond donors (Lipinski definition) is 2. The molecule has 0 saturated carbocycles. The minimum Gasteiger partial charge on any atom is -0.494 e. The zero-order chi connectivity index (χ0) is 16.5. The molecule has 0 saturated heterocycles. The number of nitrogens with zero attached hydrogens (tertiary/aromatic N) is 1. The predicted octanol–water partition coefficient (Wildman–Crippen LogP) is 2.06. The molecule has 1 amide bonds. The molecule has 0 aliphatic rings. The van der Waals surface area contributed by atoms with Crippen molar-refractivity contribution in [2.45, 2.75) is 13.3 Å².